The summed E-state index contributed by atoms with van der Waals surface area (Å²) in [5.41, 5.74) is 0. The molecule has 0 aromatic heterocycles. The molecule has 72 valence electrons. The minimum atomic E-state index is -5.02. The molecule has 0 fully saturated rings. The third-order valence-electron chi connectivity index (χ3n) is 1.15. The van der Waals surface area contributed by atoms with Crippen molar-refractivity contribution in [3.63, 3.8) is 0 Å². The number of halogens is 4. The number of alkyl halides is 4. The second kappa shape index (κ2) is 3.51. The van der Waals surface area contributed by atoms with Crippen LogP contribution in [-0.2, 0) is 4.79 Å². The molecule has 0 bridgehead atoms. The largest absolute Gasteiger partial charge is 0.477 e. The van der Waals surface area contributed by atoms with Crippen molar-refractivity contribution >= 4 is 18.6 Å². The van der Waals surface area contributed by atoms with Gasteiger partial charge >= 0.3 is 17.8 Å². The van der Waals surface area contributed by atoms with E-state index in [0.29, 0.717) is 0 Å². The average Bonchev–Trinajstić information content (AvgIpc) is 1.86. The van der Waals surface area contributed by atoms with Gasteiger partial charge in [0.25, 0.3) is 0 Å². The molecule has 7 heteroatoms. The van der Waals surface area contributed by atoms with Gasteiger partial charge in [0.15, 0.2) is 0 Å². The van der Waals surface area contributed by atoms with Crippen molar-refractivity contribution < 1.29 is 27.5 Å². The van der Waals surface area contributed by atoms with Gasteiger partial charge in [-0.2, -0.15) is 30.2 Å². The second-order valence-electron chi connectivity index (χ2n) is 2.06. The molecular weight excluding hydrogens is 200 g/mol. The Hall–Kier alpha value is -0.460. The summed E-state index contributed by atoms with van der Waals surface area (Å²) >= 11 is 3.31. The Morgan fingerprint density at radius 3 is 2.00 bits per heavy atom. The smallest absolute Gasteiger partial charge is 0.404 e. The zero-order chi connectivity index (χ0) is 9.99. The number of rotatable bonds is 4. The van der Waals surface area contributed by atoms with E-state index in [1.807, 2.05) is 0 Å². The predicted molar refractivity (Wildman–Crippen MR) is 36.0 cm³/mol. The topological polar surface area (TPSA) is 37.3 Å². The highest BCUT2D eigenvalue weighted by atomic mass is 32.1. The number of aliphatic carboxylic acids is 1. The van der Waals surface area contributed by atoms with E-state index in [9.17, 15) is 22.4 Å². The Kier molecular flexibility index (Phi) is 3.37. The molecule has 0 spiro atoms. The Morgan fingerprint density at radius 2 is 1.75 bits per heavy atom. The van der Waals surface area contributed by atoms with Gasteiger partial charge in [-0.25, -0.2) is 4.79 Å². The lowest BCUT2D eigenvalue weighted by Crippen LogP contribution is -2.47. The van der Waals surface area contributed by atoms with Crippen LogP contribution in [0.25, 0.3) is 0 Å². The molecule has 0 aromatic carbocycles. The summed E-state index contributed by atoms with van der Waals surface area (Å²) < 4.78 is 48.8. The molecule has 2 nitrogen and oxygen atoms in total. The van der Waals surface area contributed by atoms with Crippen LogP contribution in [0.15, 0.2) is 0 Å². The first-order chi connectivity index (χ1) is 5.25. The number of hydrogen-bond donors (Lipinski definition) is 2. The minimum Gasteiger partial charge on any atom is -0.477 e. The normalized spacial score (nSPS) is 13.1. The van der Waals surface area contributed by atoms with Crippen LogP contribution in [0.5, 0.6) is 0 Å². The Morgan fingerprint density at radius 1 is 1.33 bits per heavy atom. The van der Waals surface area contributed by atoms with Crippen LogP contribution < -0.4 is 0 Å². The zero-order valence-electron chi connectivity index (χ0n) is 5.73. The van der Waals surface area contributed by atoms with Gasteiger partial charge < -0.3 is 5.11 Å². The van der Waals surface area contributed by atoms with Crippen molar-refractivity contribution in [2.75, 3.05) is 5.75 Å². The number of hydrogen-bond acceptors (Lipinski definition) is 2. The molecule has 0 saturated heterocycles. The van der Waals surface area contributed by atoms with Gasteiger partial charge in [0.05, 0.1) is 0 Å². The molecule has 12 heavy (non-hydrogen) atoms. The van der Waals surface area contributed by atoms with Crippen LogP contribution in [0.3, 0.4) is 0 Å². The first-order valence-corrected chi connectivity index (χ1v) is 3.49. The van der Waals surface area contributed by atoms with E-state index in [1.165, 1.54) is 0 Å². The zero-order valence-corrected chi connectivity index (χ0v) is 6.62. The summed E-state index contributed by atoms with van der Waals surface area (Å²) in [6.45, 7) is 0. The van der Waals surface area contributed by atoms with Gasteiger partial charge in [0, 0.05) is 6.42 Å². The molecule has 0 atom stereocenters. The maximum Gasteiger partial charge on any atom is 0.404 e. The lowest BCUT2D eigenvalue weighted by atomic mass is 10.1. The van der Waals surface area contributed by atoms with E-state index in [2.05, 4.69) is 12.6 Å². The van der Waals surface area contributed by atoms with Gasteiger partial charge in [-0.05, 0) is 5.75 Å². The Bertz CT molecular complexity index is 182. The molecule has 0 rings (SSSR count). The van der Waals surface area contributed by atoms with Crippen LogP contribution in [0.2, 0.25) is 0 Å². The average molecular weight is 206 g/mol. The summed E-state index contributed by atoms with van der Waals surface area (Å²) in [4.78, 5) is 9.69. The first-order valence-electron chi connectivity index (χ1n) is 2.85. The summed E-state index contributed by atoms with van der Waals surface area (Å²) in [6.07, 6.45) is -1.27. The molecule has 1 N–H and O–H groups in total. The fourth-order valence-electron chi connectivity index (χ4n) is 0.454. The number of carboxylic acids is 1. The molecule has 0 saturated carbocycles. The van der Waals surface area contributed by atoms with Gasteiger partial charge in [-0.1, -0.05) is 0 Å². The van der Waals surface area contributed by atoms with Crippen molar-refractivity contribution in [1.82, 2.24) is 0 Å². The third-order valence-corrected chi connectivity index (χ3v) is 1.38. The van der Waals surface area contributed by atoms with E-state index in [0.717, 1.165) is 0 Å². The van der Waals surface area contributed by atoms with Crippen molar-refractivity contribution in [3.05, 3.63) is 0 Å². The molecule has 0 aromatic rings. The Labute approximate surface area is 71.0 Å². The van der Waals surface area contributed by atoms with Crippen molar-refractivity contribution in [2.24, 2.45) is 0 Å². The van der Waals surface area contributed by atoms with Gasteiger partial charge in [0.1, 0.15) is 0 Å². The highest BCUT2D eigenvalue weighted by molar-refractivity contribution is 7.80. The van der Waals surface area contributed by atoms with E-state index >= 15 is 0 Å². The standard InChI is InChI=1S/C5H6F4O2S/c6-4(7,1-2-12)5(8,9)3(10)11/h12H,1-2H2,(H,10,11). The molecule has 0 unspecified atom stereocenters. The lowest BCUT2D eigenvalue weighted by Gasteiger charge is -2.21. The summed E-state index contributed by atoms with van der Waals surface area (Å²) in [6, 6.07) is 0. The molecule has 0 amide bonds. The fourth-order valence-corrected chi connectivity index (χ4v) is 0.735. The SMILES string of the molecule is O=C(O)C(F)(F)C(F)(F)CCS. The third kappa shape index (κ3) is 2.02. The van der Waals surface area contributed by atoms with Crippen LogP contribution in [0, 0.1) is 0 Å². The highest BCUT2D eigenvalue weighted by Crippen LogP contribution is 2.37. The lowest BCUT2D eigenvalue weighted by molar-refractivity contribution is -0.223. The predicted octanol–water partition coefficient (Wildman–Crippen LogP) is 1.66. The quantitative estimate of drug-likeness (QED) is 0.542. The molecule has 0 aliphatic rings. The highest BCUT2D eigenvalue weighted by Gasteiger charge is 2.61. The molecule has 0 heterocycles. The van der Waals surface area contributed by atoms with Gasteiger partial charge in [-0.15, -0.1) is 0 Å². The maximum atomic E-state index is 12.3. The van der Waals surface area contributed by atoms with Crippen LogP contribution in [0.4, 0.5) is 17.6 Å². The van der Waals surface area contributed by atoms with Crippen LogP contribution in [-0.4, -0.2) is 28.7 Å². The van der Waals surface area contributed by atoms with E-state index in [4.69, 9.17) is 5.11 Å². The molecular formula is C5H6F4O2S. The summed E-state index contributed by atoms with van der Waals surface area (Å²) in [5.74, 6) is -12.9. The van der Waals surface area contributed by atoms with E-state index < -0.39 is 30.0 Å². The number of thiol groups is 1. The van der Waals surface area contributed by atoms with Gasteiger partial charge in [-0.3, -0.25) is 0 Å². The fraction of sp³-hybridized carbons (Fsp3) is 0.800. The second-order valence-corrected chi connectivity index (χ2v) is 2.50. The van der Waals surface area contributed by atoms with Crippen molar-refractivity contribution in [2.45, 2.75) is 18.3 Å². The van der Waals surface area contributed by atoms with E-state index in [1.54, 1.807) is 0 Å². The molecule has 0 aliphatic carbocycles. The van der Waals surface area contributed by atoms with Crippen LogP contribution in [0.1, 0.15) is 6.42 Å². The minimum absolute atomic E-state index is 0.504. The first kappa shape index (κ1) is 11.5. The summed E-state index contributed by atoms with van der Waals surface area (Å²) in [7, 11) is 0. The Balaban J connectivity index is 4.62. The number of carboxylic acid groups (broad SMARTS) is 1. The molecule has 0 radical (unpaired) electrons. The van der Waals surface area contributed by atoms with Crippen molar-refractivity contribution in [1.29, 1.82) is 0 Å². The summed E-state index contributed by atoms with van der Waals surface area (Å²) in [5, 5.41) is 7.75. The monoisotopic (exact) mass is 206 g/mol. The van der Waals surface area contributed by atoms with E-state index in [-0.39, 0.29) is 0 Å². The number of carbonyl (C=O) groups is 1. The maximum absolute atomic E-state index is 12.3. The van der Waals surface area contributed by atoms with Gasteiger partial charge in [0.2, 0.25) is 0 Å². The van der Waals surface area contributed by atoms with Crippen LogP contribution >= 0.6 is 12.6 Å². The molecule has 0 aliphatic heterocycles. The van der Waals surface area contributed by atoms with Crippen molar-refractivity contribution in [3.8, 4) is 0 Å².